The van der Waals surface area contributed by atoms with Gasteiger partial charge in [-0.15, -0.1) is 0 Å². The molecule has 160 valence electrons. The maximum atomic E-state index is 11.3. The number of para-hydroxylation sites is 1. The van der Waals surface area contributed by atoms with Crippen LogP contribution in [0, 0.1) is 0 Å². The Labute approximate surface area is 179 Å². The number of likely N-dealkylation sites (tertiary alicyclic amines) is 2. The third-order valence-corrected chi connectivity index (χ3v) is 7.06. The first-order chi connectivity index (χ1) is 14.5. The van der Waals surface area contributed by atoms with E-state index >= 15 is 0 Å². The second-order valence-electron chi connectivity index (χ2n) is 8.93. The van der Waals surface area contributed by atoms with Gasteiger partial charge in [-0.25, -0.2) is 4.79 Å². The summed E-state index contributed by atoms with van der Waals surface area (Å²) in [5.74, 6) is 0. The molecule has 2 aromatic carbocycles. The number of hydrogen-bond acceptors (Lipinski definition) is 3. The Kier molecular flexibility index (Phi) is 6.28. The number of carboxylic acid groups (broad SMARTS) is 1. The van der Waals surface area contributed by atoms with Crippen LogP contribution in [0.2, 0.25) is 0 Å². The van der Waals surface area contributed by atoms with Crippen LogP contribution in [0.25, 0.3) is 0 Å². The predicted molar refractivity (Wildman–Crippen MR) is 121 cm³/mol. The van der Waals surface area contributed by atoms with Crippen molar-refractivity contribution in [2.75, 3.05) is 31.1 Å². The fraction of sp³-hybridized carbons (Fsp3) is 0.480. The molecule has 0 aliphatic carbocycles. The van der Waals surface area contributed by atoms with E-state index in [0.29, 0.717) is 19.1 Å². The molecule has 5 nitrogen and oxygen atoms in total. The highest BCUT2D eigenvalue weighted by atomic mass is 16.4. The highest BCUT2D eigenvalue weighted by Gasteiger charge is 2.39. The Morgan fingerprint density at radius 2 is 1.53 bits per heavy atom. The average Bonchev–Trinajstić information content (AvgIpc) is 2.79. The summed E-state index contributed by atoms with van der Waals surface area (Å²) < 4.78 is 0. The van der Waals surface area contributed by atoms with E-state index in [1.807, 2.05) is 0 Å². The number of amides is 1. The molecule has 0 aromatic heterocycles. The Hall–Kier alpha value is -2.53. The molecular weight excluding hydrogens is 374 g/mol. The molecule has 2 aliphatic rings. The molecule has 0 spiro atoms. The number of hydrogen-bond donors (Lipinski definition) is 1. The molecule has 1 N–H and O–H groups in total. The lowest BCUT2D eigenvalue weighted by Crippen LogP contribution is -2.58. The first-order valence-electron chi connectivity index (χ1n) is 11.1. The molecule has 2 saturated heterocycles. The molecule has 2 aliphatic heterocycles. The Morgan fingerprint density at radius 3 is 2.10 bits per heavy atom. The molecule has 30 heavy (non-hydrogen) atoms. The van der Waals surface area contributed by atoms with Crippen molar-refractivity contribution in [2.24, 2.45) is 0 Å². The third-order valence-electron chi connectivity index (χ3n) is 7.06. The molecule has 2 aromatic rings. The zero-order chi connectivity index (χ0) is 21.0. The molecule has 0 saturated carbocycles. The van der Waals surface area contributed by atoms with Gasteiger partial charge in [-0.3, -0.25) is 4.90 Å². The van der Waals surface area contributed by atoms with Gasteiger partial charge in [0.05, 0.1) is 0 Å². The smallest absolute Gasteiger partial charge is 0.407 e. The van der Waals surface area contributed by atoms with Gasteiger partial charge in [0.15, 0.2) is 0 Å². The molecule has 4 rings (SSSR count). The van der Waals surface area contributed by atoms with Gasteiger partial charge in [0.1, 0.15) is 0 Å². The molecule has 2 fully saturated rings. The van der Waals surface area contributed by atoms with E-state index < -0.39 is 6.09 Å². The fourth-order valence-electron chi connectivity index (χ4n) is 5.04. The number of benzene rings is 2. The van der Waals surface area contributed by atoms with Crippen LogP contribution in [-0.2, 0) is 6.54 Å². The molecule has 0 unspecified atom stereocenters. The number of rotatable bonds is 5. The van der Waals surface area contributed by atoms with Gasteiger partial charge in [0.25, 0.3) is 0 Å². The minimum atomic E-state index is -0.782. The second-order valence-corrected chi connectivity index (χ2v) is 8.93. The van der Waals surface area contributed by atoms with Crippen LogP contribution in [0.5, 0.6) is 0 Å². The van der Waals surface area contributed by atoms with E-state index in [4.69, 9.17) is 0 Å². The third kappa shape index (κ3) is 4.62. The molecule has 0 bridgehead atoms. The van der Waals surface area contributed by atoms with Crippen molar-refractivity contribution in [3.05, 3.63) is 66.2 Å². The van der Waals surface area contributed by atoms with Crippen LogP contribution in [-0.4, -0.2) is 58.8 Å². The van der Waals surface area contributed by atoms with E-state index in [9.17, 15) is 9.90 Å². The summed E-state index contributed by atoms with van der Waals surface area (Å²) in [7, 11) is 0. The number of carbonyl (C=O) groups is 1. The van der Waals surface area contributed by atoms with Crippen LogP contribution >= 0.6 is 0 Å². The summed E-state index contributed by atoms with van der Waals surface area (Å²) in [6.45, 7) is 6.70. The lowest BCUT2D eigenvalue weighted by atomic mass is 9.85. The van der Waals surface area contributed by atoms with Crippen molar-refractivity contribution in [2.45, 2.75) is 50.7 Å². The van der Waals surface area contributed by atoms with Crippen LogP contribution in [0.3, 0.4) is 0 Å². The Morgan fingerprint density at radius 1 is 0.967 bits per heavy atom. The van der Waals surface area contributed by atoms with Gasteiger partial charge in [0.2, 0.25) is 0 Å². The second kappa shape index (κ2) is 9.09. The molecular formula is C25H33N3O2. The van der Waals surface area contributed by atoms with E-state index in [0.717, 1.165) is 45.3 Å². The van der Waals surface area contributed by atoms with Crippen molar-refractivity contribution in [1.29, 1.82) is 0 Å². The number of anilines is 1. The predicted octanol–water partition coefficient (Wildman–Crippen LogP) is 4.69. The summed E-state index contributed by atoms with van der Waals surface area (Å²) in [6.07, 6.45) is 3.35. The van der Waals surface area contributed by atoms with Crippen LogP contribution in [0.15, 0.2) is 60.7 Å². The minimum Gasteiger partial charge on any atom is -0.465 e. The van der Waals surface area contributed by atoms with E-state index in [1.165, 1.54) is 11.3 Å². The maximum absolute atomic E-state index is 11.3. The standard InChI is InChI=1S/C25H33N3O2/c1-25(14-18-26(19-15-25)24(29)30)27-16-12-23(13-17-27)28(22-10-6-3-7-11-22)20-21-8-4-2-5-9-21/h2-11,23H,12-20H2,1H3,(H,29,30). The first-order valence-corrected chi connectivity index (χ1v) is 11.1. The zero-order valence-electron chi connectivity index (χ0n) is 17.9. The van der Waals surface area contributed by atoms with Crippen molar-refractivity contribution >= 4 is 11.8 Å². The molecule has 5 heteroatoms. The highest BCUT2D eigenvalue weighted by molar-refractivity contribution is 5.65. The normalized spacial score (nSPS) is 20.1. The van der Waals surface area contributed by atoms with Gasteiger partial charge in [-0.05, 0) is 50.3 Å². The Balaban J connectivity index is 1.42. The Bertz CT molecular complexity index is 811. The minimum absolute atomic E-state index is 0.119. The van der Waals surface area contributed by atoms with Crippen LogP contribution in [0.4, 0.5) is 10.5 Å². The van der Waals surface area contributed by atoms with Gasteiger partial charge in [-0.1, -0.05) is 48.5 Å². The monoisotopic (exact) mass is 407 g/mol. The molecule has 1 amide bonds. The van der Waals surface area contributed by atoms with Gasteiger partial charge < -0.3 is 14.9 Å². The summed E-state index contributed by atoms with van der Waals surface area (Å²) >= 11 is 0. The summed E-state index contributed by atoms with van der Waals surface area (Å²) in [5.41, 5.74) is 2.76. The molecule has 2 heterocycles. The quantitative estimate of drug-likeness (QED) is 0.781. The summed E-state index contributed by atoms with van der Waals surface area (Å²) in [6, 6.07) is 22.0. The van der Waals surface area contributed by atoms with E-state index in [2.05, 4.69) is 77.4 Å². The number of nitrogens with zero attached hydrogens (tertiary/aromatic N) is 3. The van der Waals surface area contributed by atoms with Gasteiger partial charge >= 0.3 is 6.09 Å². The first kappa shape index (κ1) is 20.7. The fourth-order valence-corrected chi connectivity index (χ4v) is 5.04. The number of piperidine rings is 2. The topological polar surface area (TPSA) is 47.0 Å². The van der Waals surface area contributed by atoms with Crippen LogP contribution in [0.1, 0.15) is 38.2 Å². The van der Waals surface area contributed by atoms with Crippen molar-refractivity contribution in [3.8, 4) is 0 Å². The van der Waals surface area contributed by atoms with Crippen molar-refractivity contribution in [3.63, 3.8) is 0 Å². The SMILES string of the molecule is CC1(N2CCC(N(Cc3ccccc3)c3ccccc3)CC2)CCN(C(=O)O)CC1. The van der Waals surface area contributed by atoms with Crippen molar-refractivity contribution < 1.29 is 9.90 Å². The summed E-state index contributed by atoms with van der Waals surface area (Å²) in [5, 5.41) is 9.25. The van der Waals surface area contributed by atoms with Gasteiger partial charge in [-0.2, -0.15) is 0 Å². The molecule has 0 radical (unpaired) electrons. The summed E-state index contributed by atoms with van der Waals surface area (Å²) in [4.78, 5) is 18.0. The van der Waals surface area contributed by atoms with Crippen molar-refractivity contribution in [1.82, 2.24) is 9.80 Å². The highest BCUT2D eigenvalue weighted by Crippen LogP contribution is 2.33. The molecule has 0 atom stereocenters. The largest absolute Gasteiger partial charge is 0.465 e. The van der Waals surface area contributed by atoms with Gasteiger partial charge in [0, 0.05) is 50.0 Å². The van der Waals surface area contributed by atoms with E-state index in [1.54, 1.807) is 4.90 Å². The lowest BCUT2D eigenvalue weighted by molar-refractivity contribution is 0.0198. The van der Waals surface area contributed by atoms with Crippen LogP contribution < -0.4 is 4.90 Å². The zero-order valence-corrected chi connectivity index (χ0v) is 17.9. The van der Waals surface area contributed by atoms with E-state index in [-0.39, 0.29) is 5.54 Å². The average molecular weight is 408 g/mol. The maximum Gasteiger partial charge on any atom is 0.407 e. The lowest BCUT2D eigenvalue weighted by Gasteiger charge is -2.50.